The minimum atomic E-state index is -0.501. The number of carbonyl (C=O) groups is 1. The van der Waals surface area contributed by atoms with Crippen LogP contribution in [0, 0.1) is 5.82 Å². The van der Waals surface area contributed by atoms with Gasteiger partial charge in [0.25, 0.3) is 5.91 Å². The highest BCUT2D eigenvalue weighted by atomic mass is 32.1. The number of benzene rings is 1. The Morgan fingerprint density at radius 2 is 2.06 bits per heavy atom. The minimum Gasteiger partial charge on any atom is -0.393 e. The summed E-state index contributed by atoms with van der Waals surface area (Å²) in [6, 6.07) is 5.98. The summed E-state index contributed by atoms with van der Waals surface area (Å²) in [4.78, 5) is 14.1. The molecule has 0 spiro atoms. The molecule has 0 aliphatic heterocycles. The van der Waals surface area contributed by atoms with E-state index in [1.165, 1.54) is 12.1 Å². The van der Waals surface area contributed by atoms with Gasteiger partial charge in [-0.3, -0.25) is 4.79 Å². The lowest BCUT2D eigenvalue weighted by molar-refractivity contribution is 0.0755. The van der Waals surface area contributed by atoms with Crippen molar-refractivity contribution in [3.8, 4) is 0 Å². The maximum Gasteiger partial charge on any atom is 0.256 e. The molecule has 18 heavy (non-hydrogen) atoms. The van der Waals surface area contributed by atoms with Gasteiger partial charge in [-0.1, -0.05) is 31.3 Å². The lowest BCUT2D eigenvalue weighted by Crippen LogP contribution is -2.34. The van der Waals surface area contributed by atoms with Crippen LogP contribution >= 0.6 is 12.2 Å². The van der Waals surface area contributed by atoms with Gasteiger partial charge in [0, 0.05) is 19.5 Å². The van der Waals surface area contributed by atoms with Crippen molar-refractivity contribution in [3.63, 3.8) is 0 Å². The summed E-state index contributed by atoms with van der Waals surface area (Å²) in [7, 11) is 0. The molecule has 1 aromatic carbocycles. The first-order valence-corrected chi connectivity index (χ1v) is 6.29. The van der Waals surface area contributed by atoms with Crippen molar-refractivity contribution in [2.45, 2.75) is 19.8 Å². The Morgan fingerprint density at radius 3 is 2.61 bits per heavy atom. The molecule has 1 rings (SSSR count). The van der Waals surface area contributed by atoms with Crippen LogP contribution in [0.15, 0.2) is 24.3 Å². The molecule has 3 nitrogen and oxygen atoms in total. The number of halogens is 1. The third kappa shape index (κ3) is 4.07. The molecule has 5 heteroatoms. The van der Waals surface area contributed by atoms with E-state index in [1.807, 2.05) is 6.92 Å². The SMILES string of the molecule is CCCN(CCC(N)=S)C(=O)c1ccccc1F. The van der Waals surface area contributed by atoms with Gasteiger partial charge in [-0.05, 0) is 18.6 Å². The Labute approximate surface area is 112 Å². The van der Waals surface area contributed by atoms with E-state index < -0.39 is 5.82 Å². The predicted molar refractivity (Wildman–Crippen MR) is 74.0 cm³/mol. The fraction of sp³-hybridized carbons (Fsp3) is 0.385. The largest absolute Gasteiger partial charge is 0.393 e. The number of amides is 1. The zero-order chi connectivity index (χ0) is 13.5. The smallest absolute Gasteiger partial charge is 0.256 e. The molecule has 0 aromatic heterocycles. The van der Waals surface area contributed by atoms with Gasteiger partial charge in [0.2, 0.25) is 0 Å². The van der Waals surface area contributed by atoms with Gasteiger partial charge >= 0.3 is 0 Å². The molecule has 2 N–H and O–H groups in total. The molecule has 0 aliphatic rings. The van der Waals surface area contributed by atoms with E-state index in [0.717, 1.165) is 6.42 Å². The van der Waals surface area contributed by atoms with Crippen LogP contribution in [0.5, 0.6) is 0 Å². The van der Waals surface area contributed by atoms with E-state index >= 15 is 0 Å². The quantitative estimate of drug-likeness (QED) is 0.806. The molecule has 0 aliphatic carbocycles. The molecule has 0 unspecified atom stereocenters. The molecule has 0 atom stereocenters. The Bertz CT molecular complexity index is 437. The van der Waals surface area contributed by atoms with Crippen molar-refractivity contribution in [2.24, 2.45) is 5.73 Å². The van der Waals surface area contributed by atoms with Gasteiger partial charge in [0.05, 0.1) is 10.6 Å². The molecule has 0 heterocycles. The zero-order valence-corrected chi connectivity index (χ0v) is 11.2. The van der Waals surface area contributed by atoms with Gasteiger partial charge < -0.3 is 10.6 Å². The van der Waals surface area contributed by atoms with Crippen molar-refractivity contribution in [1.29, 1.82) is 0 Å². The molecule has 0 saturated carbocycles. The molecule has 1 amide bonds. The lowest BCUT2D eigenvalue weighted by Gasteiger charge is -2.22. The van der Waals surface area contributed by atoms with Gasteiger partial charge in [0.1, 0.15) is 5.82 Å². The molecule has 1 aromatic rings. The van der Waals surface area contributed by atoms with Gasteiger partial charge in [-0.2, -0.15) is 0 Å². The molecule has 0 saturated heterocycles. The average molecular weight is 268 g/mol. The molecule has 0 fully saturated rings. The summed E-state index contributed by atoms with van der Waals surface area (Å²) in [6.45, 7) is 2.95. The third-order valence-corrected chi connectivity index (χ3v) is 2.72. The van der Waals surface area contributed by atoms with E-state index in [9.17, 15) is 9.18 Å². The van der Waals surface area contributed by atoms with Crippen LogP contribution < -0.4 is 5.73 Å². The van der Waals surface area contributed by atoms with Gasteiger partial charge in [-0.25, -0.2) is 4.39 Å². The monoisotopic (exact) mass is 268 g/mol. The second-order valence-electron chi connectivity index (χ2n) is 3.99. The summed E-state index contributed by atoms with van der Waals surface area (Å²) in [5, 5.41) is 0. The summed E-state index contributed by atoms with van der Waals surface area (Å²) >= 11 is 4.79. The van der Waals surface area contributed by atoms with Crippen molar-refractivity contribution in [1.82, 2.24) is 4.90 Å². The van der Waals surface area contributed by atoms with Crippen LogP contribution in [-0.4, -0.2) is 28.9 Å². The van der Waals surface area contributed by atoms with E-state index in [0.29, 0.717) is 24.5 Å². The Balaban J connectivity index is 2.82. The maximum absolute atomic E-state index is 13.5. The van der Waals surface area contributed by atoms with E-state index in [-0.39, 0.29) is 11.5 Å². The second-order valence-corrected chi connectivity index (χ2v) is 4.51. The minimum absolute atomic E-state index is 0.0916. The fourth-order valence-corrected chi connectivity index (χ4v) is 1.73. The number of hydrogen-bond donors (Lipinski definition) is 1. The lowest BCUT2D eigenvalue weighted by atomic mass is 10.1. The van der Waals surface area contributed by atoms with Crippen LogP contribution in [0.3, 0.4) is 0 Å². The van der Waals surface area contributed by atoms with Crippen LogP contribution in [0.4, 0.5) is 4.39 Å². The number of rotatable bonds is 6. The fourth-order valence-electron chi connectivity index (χ4n) is 1.63. The number of thiocarbonyl (C=S) groups is 1. The van der Waals surface area contributed by atoms with Crippen molar-refractivity contribution < 1.29 is 9.18 Å². The molecular weight excluding hydrogens is 251 g/mol. The van der Waals surface area contributed by atoms with Crippen molar-refractivity contribution in [2.75, 3.05) is 13.1 Å². The first-order chi connectivity index (χ1) is 8.56. The molecular formula is C13H17FN2OS. The Morgan fingerprint density at radius 1 is 1.39 bits per heavy atom. The maximum atomic E-state index is 13.5. The van der Waals surface area contributed by atoms with Crippen LogP contribution in [0.25, 0.3) is 0 Å². The molecule has 0 bridgehead atoms. The first kappa shape index (κ1) is 14.6. The Hall–Kier alpha value is -1.49. The highest BCUT2D eigenvalue weighted by Crippen LogP contribution is 2.11. The third-order valence-electron chi connectivity index (χ3n) is 2.51. The average Bonchev–Trinajstić information content (AvgIpc) is 2.34. The zero-order valence-electron chi connectivity index (χ0n) is 10.4. The predicted octanol–water partition coefficient (Wildman–Crippen LogP) is 2.35. The summed E-state index contributed by atoms with van der Waals surface area (Å²) < 4.78 is 13.5. The van der Waals surface area contributed by atoms with Crippen LogP contribution in [-0.2, 0) is 0 Å². The molecule has 98 valence electrons. The highest BCUT2D eigenvalue weighted by molar-refractivity contribution is 7.80. The number of nitrogens with zero attached hydrogens (tertiary/aromatic N) is 1. The first-order valence-electron chi connectivity index (χ1n) is 5.88. The summed E-state index contributed by atoms with van der Waals surface area (Å²) in [5.74, 6) is -0.815. The van der Waals surface area contributed by atoms with Gasteiger partial charge in [0.15, 0.2) is 0 Å². The topological polar surface area (TPSA) is 46.3 Å². The second kappa shape index (κ2) is 7.06. The van der Waals surface area contributed by atoms with Crippen molar-refractivity contribution in [3.05, 3.63) is 35.6 Å². The molecule has 0 radical (unpaired) electrons. The summed E-state index contributed by atoms with van der Waals surface area (Å²) in [5.41, 5.74) is 5.52. The van der Waals surface area contributed by atoms with Gasteiger partial charge in [-0.15, -0.1) is 0 Å². The van der Waals surface area contributed by atoms with Crippen LogP contribution in [0.2, 0.25) is 0 Å². The van der Waals surface area contributed by atoms with Crippen molar-refractivity contribution >= 4 is 23.1 Å². The number of nitrogens with two attached hydrogens (primary N) is 1. The van der Waals surface area contributed by atoms with E-state index in [1.54, 1.807) is 17.0 Å². The van der Waals surface area contributed by atoms with E-state index in [2.05, 4.69) is 0 Å². The standard InChI is InChI=1S/C13H17FN2OS/c1-2-8-16(9-7-12(15)18)13(17)10-5-3-4-6-11(10)14/h3-6H,2,7-9H2,1H3,(H2,15,18). The summed E-state index contributed by atoms with van der Waals surface area (Å²) in [6.07, 6.45) is 1.26. The number of carbonyl (C=O) groups excluding carboxylic acids is 1. The normalized spacial score (nSPS) is 10.1. The van der Waals surface area contributed by atoms with E-state index in [4.69, 9.17) is 18.0 Å². The number of hydrogen-bond acceptors (Lipinski definition) is 2. The highest BCUT2D eigenvalue weighted by Gasteiger charge is 2.18. The van der Waals surface area contributed by atoms with Crippen LogP contribution in [0.1, 0.15) is 30.1 Å². The Kier molecular flexibility index (Phi) is 5.71.